The highest BCUT2D eigenvalue weighted by Crippen LogP contribution is 2.17. The first-order valence-electron chi connectivity index (χ1n) is 8.01. The fourth-order valence-electron chi connectivity index (χ4n) is 2.43. The van der Waals surface area contributed by atoms with Crippen molar-refractivity contribution < 1.29 is 9.53 Å². The summed E-state index contributed by atoms with van der Waals surface area (Å²) >= 11 is 1.43. The van der Waals surface area contributed by atoms with E-state index in [1.807, 2.05) is 5.38 Å². The molecule has 0 saturated carbocycles. The molecule has 1 amide bonds. The molecule has 0 unspecified atom stereocenters. The van der Waals surface area contributed by atoms with Crippen molar-refractivity contribution in [2.24, 2.45) is 0 Å². The van der Waals surface area contributed by atoms with Gasteiger partial charge in [0.05, 0.1) is 37.1 Å². The molecule has 0 atom stereocenters. The lowest BCUT2D eigenvalue weighted by Crippen LogP contribution is -2.35. The second-order valence-corrected chi connectivity index (χ2v) is 6.48. The molecule has 25 heavy (non-hydrogen) atoms. The van der Waals surface area contributed by atoms with Gasteiger partial charge in [-0.25, -0.2) is 4.98 Å². The number of morpholine rings is 1. The second-order valence-electron chi connectivity index (χ2n) is 5.62. The van der Waals surface area contributed by atoms with Gasteiger partial charge in [0.15, 0.2) is 5.13 Å². The van der Waals surface area contributed by atoms with E-state index in [2.05, 4.69) is 26.6 Å². The van der Waals surface area contributed by atoms with E-state index >= 15 is 0 Å². The quantitative estimate of drug-likeness (QED) is 0.821. The number of hydrogen-bond donors (Lipinski definition) is 2. The number of rotatable bonds is 6. The van der Waals surface area contributed by atoms with Gasteiger partial charge in [0.2, 0.25) is 5.91 Å². The molecule has 1 fully saturated rings. The summed E-state index contributed by atoms with van der Waals surface area (Å²) in [6.45, 7) is 4.26. The van der Waals surface area contributed by atoms with Gasteiger partial charge < -0.3 is 15.4 Å². The molecule has 8 heteroatoms. The number of benzene rings is 1. The van der Waals surface area contributed by atoms with Crippen LogP contribution < -0.4 is 10.6 Å². The summed E-state index contributed by atoms with van der Waals surface area (Å²) in [7, 11) is 0. The maximum Gasteiger partial charge on any atom is 0.245 e. The maximum absolute atomic E-state index is 12.0. The SMILES string of the molecule is N#Cc1ccc(NCC(=O)Nc2nc(CN3CCOCC3)cs2)cc1. The Bertz CT molecular complexity index is 747. The topological polar surface area (TPSA) is 90.3 Å². The molecule has 0 radical (unpaired) electrons. The molecule has 2 heterocycles. The van der Waals surface area contributed by atoms with Crippen molar-refractivity contribution in [3.63, 3.8) is 0 Å². The normalized spacial score (nSPS) is 14.7. The Kier molecular flexibility index (Phi) is 5.95. The van der Waals surface area contributed by atoms with Gasteiger partial charge in [0.25, 0.3) is 0 Å². The van der Waals surface area contributed by atoms with Gasteiger partial charge in [-0.2, -0.15) is 5.26 Å². The molecule has 0 bridgehead atoms. The predicted molar refractivity (Wildman–Crippen MR) is 96.5 cm³/mol. The standard InChI is InChI=1S/C17H19N5O2S/c18-9-13-1-3-14(4-2-13)19-10-16(23)21-17-20-15(12-25-17)11-22-5-7-24-8-6-22/h1-4,12,19H,5-8,10-11H2,(H,20,21,23). The number of carbonyl (C=O) groups is 1. The molecule has 0 aliphatic carbocycles. The van der Waals surface area contributed by atoms with Gasteiger partial charge in [-0.1, -0.05) is 0 Å². The number of nitrogens with one attached hydrogen (secondary N) is 2. The molecule has 7 nitrogen and oxygen atoms in total. The van der Waals surface area contributed by atoms with E-state index in [4.69, 9.17) is 10.00 Å². The summed E-state index contributed by atoms with van der Waals surface area (Å²) in [4.78, 5) is 18.8. The summed E-state index contributed by atoms with van der Waals surface area (Å²) in [5, 5.41) is 17.2. The van der Waals surface area contributed by atoms with Gasteiger partial charge in [-0.3, -0.25) is 9.69 Å². The van der Waals surface area contributed by atoms with E-state index < -0.39 is 0 Å². The Morgan fingerprint density at radius 2 is 2.08 bits per heavy atom. The lowest BCUT2D eigenvalue weighted by atomic mass is 10.2. The second kappa shape index (κ2) is 8.58. The molecule has 0 spiro atoms. The van der Waals surface area contributed by atoms with Crippen LogP contribution in [0.1, 0.15) is 11.3 Å². The number of thiazole rings is 1. The van der Waals surface area contributed by atoms with Gasteiger partial charge in [-0.15, -0.1) is 11.3 Å². The maximum atomic E-state index is 12.0. The Morgan fingerprint density at radius 1 is 1.32 bits per heavy atom. The van der Waals surface area contributed by atoms with E-state index in [0.29, 0.717) is 10.7 Å². The first kappa shape index (κ1) is 17.4. The Morgan fingerprint density at radius 3 is 2.80 bits per heavy atom. The number of nitrogens with zero attached hydrogens (tertiary/aromatic N) is 3. The van der Waals surface area contributed by atoms with E-state index in [1.54, 1.807) is 24.3 Å². The Labute approximate surface area is 150 Å². The monoisotopic (exact) mass is 357 g/mol. The van der Waals surface area contributed by atoms with E-state index in [9.17, 15) is 4.79 Å². The van der Waals surface area contributed by atoms with Gasteiger partial charge in [0, 0.05) is 30.7 Å². The summed E-state index contributed by atoms with van der Waals surface area (Å²) < 4.78 is 5.33. The zero-order chi connectivity index (χ0) is 17.5. The number of anilines is 2. The van der Waals surface area contributed by atoms with Crippen LogP contribution in [-0.2, 0) is 16.1 Å². The third-order valence-corrected chi connectivity index (χ3v) is 4.56. The van der Waals surface area contributed by atoms with Crippen molar-refractivity contribution in [3.8, 4) is 6.07 Å². The van der Waals surface area contributed by atoms with Crippen molar-refractivity contribution >= 4 is 28.1 Å². The van der Waals surface area contributed by atoms with E-state index in [0.717, 1.165) is 44.2 Å². The molecule has 2 N–H and O–H groups in total. The van der Waals surface area contributed by atoms with Crippen molar-refractivity contribution in [3.05, 3.63) is 40.9 Å². The number of ether oxygens (including phenoxy) is 1. The van der Waals surface area contributed by atoms with Gasteiger partial charge >= 0.3 is 0 Å². The van der Waals surface area contributed by atoms with Crippen molar-refractivity contribution in [2.75, 3.05) is 43.5 Å². The summed E-state index contributed by atoms with van der Waals surface area (Å²) in [6.07, 6.45) is 0. The molecule has 130 valence electrons. The third-order valence-electron chi connectivity index (χ3n) is 3.75. The molecular formula is C17H19N5O2S. The minimum Gasteiger partial charge on any atom is -0.379 e. The minimum atomic E-state index is -0.156. The first-order chi connectivity index (χ1) is 12.2. The lowest BCUT2D eigenvalue weighted by Gasteiger charge is -2.25. The molecule has 2 aromatic rings. The number of amides is 1. The smallest absolute Gasteiger partial charge is 0.245 e. The van der Waals surface area contributed by atoms with E-state index in [1.165, 1.54) is 11.3 Å². The molecule has 1 aromatic carbocycles. The van der Waals surface area contributed by atoms with Crippen LogP contribution in [0.3, 0.4) is 0 Å². The molecule has 1 aliphatic rings. The summed E-state index contributed by atoms with van der Waals surface area (Å²) in [5.74, 6) is -0.156. The predicted octanol–water partition coefficient (Wildman–Crippen LogP) is 1.90. The molecular weight excluding hydrogens is 338 g/mol. The van der Waals surface area contributed by atoms with Crippen molar-refractivity contribution in [1.29, 1.82) is 5.26 Å². The molecule has 1 saturated heterocycles. The van der Waals surface area contributed by atoms with Crippen LogP contribution >= 0.6 is 11.3 Å². The van der Waals surface area contributed by atoms with Crippen LogP contribution in [0.4, 0.5) is 10.8 Å². The summed E-state index contributed by atoms with van der Waals surface area (Å²) in [5.41, 5.74) is 2.34. The number of hydrogen-bond acceptors (Lipinski definition) is 7. The van der Waals surface area contributed by atoms with Crippen LogP contribution in [0.15, 0.2) is 29.6 Å². The number of aromatic nitrogens is 1. The van der Waals surface area contributed by atoms with Crippen LogP contribution in [0.2, 0.25) is 0 Å². The van der Waals surface area contributed by atoms with Crippen LogP contribution in [0.5, 0.6) is 0 Å². The zero-order valence-electron chi connectivity index (χ0n) is 13.7. The Balaban J connectivity index is 1.45. The highest BCUT2D eigenvalue weighted by Gasteiger charge is 2.13. The third kappa shape index (κ3) is 5.26. The average Bonchev–Trinajstić information content (AvgIpc) is 3.08. The van der Waals surface area contributed by atoms with E-state index in [-0.39, 0.29) is 12.5 Å². The molecule has 1 aliphatic heterocycles. The number of nitriles is 1. The van der Waals surface area contributed by atoms with Gasteiger partial charge in [-0.05, 0) is 24.3 Å². The molecule has 3 rings (SSSR count). The van der Waals surface area contributed by atoms with Crippen LogP contribution in [-0.4, -0.2) is 48.6 Å². The lowest BCUT2D eigenvalue weighted by molar-refractivity contribution is -0.114. The fourth-order valence-corrected chi connectivity index (χ4v) is 3.15. The zero-order valence-corrected chi connectivity index (χ0v) is 14.5. The molecule has 1 aromatic heterocycles. The summed E-state index contributed by atoms with van der Waals surface area (Å²) in [6, 6.07) is 9.02. The van der Waals surface area contributed by atoms with Gasteiger partial charge in [0.1, 0.15) is 0 Å². The Hall–Kier alpha value is -2.47. The highest BCUT2D eigenvalue weighted by atomic mass is 32.1. The average molecular weight is 357 g/mol. The van der Waals surface area contributed by atoms with Crippen molar-refractivity contribution in [1.82, 2.24) is 9.88 Å². The van der Waals surface area contributed by atoms with Crippen LogP contribution in [0.25, 0.3) is 0 Å². The highest BCUT2D eigenvalue weighted by molar-refractivity contribution is 7.13. The fraction of sp³-hybridized carbons (Fsp3) is 0.353. The first-order valence-corrected chi connectivity index (χ1v) is 8.89. The van der Waals surface area contributed by atoms with Crippen molar-refractivity contribution in [2.45, 2.75) is 6.54 Å². The largest absolute Gasteiger partial charge is 0.379 e. The number of carbonyl (C=O) groups excluding carboxylic acids is 1. The minimum absolute atomic E-state index is 0.143. The van der Waals surface area contributed by atoms with Crippen LogP contribution in [0, 0.1) is 11.3 Å².